The van der Waals surface area contributed by atoms with Gasteiger partial charge in [0.15, 0.2) is 0 Å². The fourth-order valence-electron chi connectivity index (χ4n) is 1.96. The molecule has 0 amide bonds. The molecule has 2 rings (SSSR count). The molecule has 0 atom stereocenters. The van der Waals surface area contributed by atoms with Crippen molar-refractivity contribution >= 4 is 12.2 Å². The Hall–Kier alpha value is -0.740. The lowest BCUT2D eigenvalue weighted by Gasteiger charge is -2.10. The molecule has 82 valence electrons. The second-order valence-electron chi connectivity index (χ2n) is 4.35. The average molecular weight is 223 g/mol. The zero-order valence-electron chi connectivity index (χ0n) is 9.34. The molecule has 4 heteroatoms. The molecule has 0 aromatic carbocycles. The second-order valence-corrected chi connectivity index (χ2v) is 4.74. The van der Waals surface area contributed by atoms with Crippen molar-refractivity contribution in [3.8, 4) is 0 Å². The Kier molecular flexibility index (Phi) is 3.17. The van der Waals surface area contributed by atoms with Crippen molar-refractivity contribution in [1.82, 2.24) is 14.9 Å². The Morgan fingerprint density at radius 2 is 2.20 bits per heavy atom. The summed E-state index contributed by atoms with van der Waals surface area (Å²) in [5, 5.41) is 0. The first-order valence-corrected chi connectivity index (χ1v) is 5.83. The minimum absolute atomic E-state index is 0.815. The lowest BCUT2D eigenvalue weighted by molar-refractivity contribution is 0.409. The van der Waals surface area contributed by atoms with Gasteiger partial charge in [-0.1, -0.05) is 12.2 Å². The fourth-order valence-corrected chi connectivity index (χ4v) is 2.29. The predicted octanol–water partition coefficient (Wildman–Crippen LogP) is 1.73. The maximum absolute atomic E-state index is 5.30. The van der Waals surface area contributed by atoms with Crippen LogP contribution in [0.15, 0.2) is 0 Å². The molecule has 1 aliphatic carbocycles. The number of H-pyrrole nitrogens is 1. The van der Waals surface area contributed by atoms with Gasteiger partial charge in [-0.05, 0) is 33.4 Å². The number of aryl methyl sites for hydroxylation is 1. The van der Waals surface area contributed by atoms with E-state index in [-0.39, 0.29) is 0 Å². The summed E-state index contributed by atoms with van der Waals surface area (Å²) in [7, 11) is 4.14. The van der Waals surface area contributed by atoms with E-state index in [1.54, 1.807) is 0 Å². The van der Waals surface area contributed by atoms with Crippen LogP contribution < -0.4 is 0 Å². The van der Waals surface area contributed by atoms with Gasteiger partial charge in [-0.25, -0.2) is 4.98 Å². The summed E-state index contributed by atoms with van der Waals surface area (Å²) in [6.07, 6.45) is 4.40. The number of hydrogen-bond donors (Lipinski definition) is 1. The van der Waals surface area contributed by atoms with E-state index in [1.807, 2.05) is 0 Å². The number of aromatic amines is 1. The zero-order chi connectivity index (χ0) is 10.8. The van der Waals surface area contributed by atoms with E-state index in [4.69, 9.17) is 12.2 Å². The minimum atomic E-state index is 0.815. The largest absolute Gasteiger partial charge is 0.347 e. The number of nitrogens with zero attached hydrogens (tertiary/aromatic N) is 2. The van der Waals surface area contributed by atoms with Crippen LogP contribution in [0.2, 0.25) is 0 Å². The molecule has 0 unspecified atom stereocenters. The Labute approximate surface area is 95.5 Å². The van der Waals surface area contributed by atoms with Crippen molar-refractivity contribution in [2.24, 2.45) is 0 Å². The summed E-state index contributed by atoms with van der Waals surface area (Å²) in [4.78, 5) is 10.0. The molecule has 1 aromatic heterocycles. The smallest absolute Gasteiger partial charge is 0.133 e. The third-order valence-corrected chi connectivity index (χ3v) is 3.14. The standard InChI is InChI=1S/C11H17N3S/c1-14(2)7-6-10-12-9-5-3-4-8(9)11(15)13-10/h3-7H2,1-2H3,(H,12,13,15). The maximum Gasteiger partial charge on any atom is 0.133 e. The van der Waals surface area contributed by atoms with Gasteiger partial charge in [-0.15, -0.1) is 0 Å². The highest BCUT2D eigenvalue weighted by molar-refractivity contribution is 7.71. The number of fused-ring (bicyclic) bond motifs is 1. The molecule has 1 heterocycles. The van der Waals surface area contributed by atoms with Crippen molar-refractivity contribution in [2.75, 3.05) is 20.6 Å². The lowest BCUT2D eigenvalue weighted by Crippen LogP contribution is -2.16. The molecule has 1 N–H and O–H groups in total. The minimum Gasteiger partial charge on any atom is -0.347 e. The van der Waals surface area contributed by atoms with Gasteiger partial charge in [0.1, 0.15) is 10.5 Å². The van der Waals surface area contributed by atoms with E-state index in [9.17, 15) is 0 Å². The number of rotatable bonds is 3. The van der Waals surface area contributed by atoms with E-state index in [2.05, 4.69) is 29.0 Å². The fraction of sp³-hybridized carbons (Fsp3) is 0.636. The van der Waals surface area contributed by atoms with Gasteiger partial charge in [0.2, 0.25) is 0 Å². The lowest BCUT2D eigenvalue weighted by atomic mass is 10.2. The first kappa shape index (κ1) is 10.8. The summed E-state index contributed by atoms with van der Waals surface area (Å²) >= 11 is 5.30. The Bertz CT molecular complexity index is 409. The van der Waals surface area contributed by atoms with Crippen molar-refractivity contribution in [3.05, 3.63) is 21.7 Å². The van der Waals surface area contributed by atoms with Crippen LogP contribution >= 0.6 is 12.2 Å². The highest BCUT2D eigenvalue weighted by Gasteiger charge is 2.14. The van der Waals surface area contributed by atoms with Gasteiger partial charge < -0.3 is 9.88 Å². The van der Waals surface area contributed by atoms with Crippen LogP contribution in [0.1, 0.15) is 23.5 Å². The van der Waals surface area contributed by atoms with E-state index in [1.165, 1.54) is 17.7 Å². The van der Waals surface area contributed by atoms with E-state index < -0.39 is 0 Å². The molecule has 0 fully saturated rings. The highest BCUT2D eigenvalue weighted by atomic mass is 32.1. The van der Waals surface area contributed by atoms with Crippen LogP contribution in [-0.2, 0) is 19.3 Å². The Morgan fingerprint density at radius 3 is 2.93 bits per heavy atom. The molecule has 0 saturated carbocycles. The molecule has 1 aliphatic rings. The third kappa shape index (κ3) is 2.44. The molecular formula is C11H17N3S. The SMILES string of the molecule is CN(C)CCc1nc(=S)c2c([nH]1)CCC2. The molecule has 0 radical (unpaired) electrons. The van der Waals surface area contributed by atoms with Crippen molar-refractivity contribution < 1.29 is 0 Å². The van der Waals surface area contributed by atoms with Gasteiger partial charge in [-0.3, -0.25) is 0 Å². The van der Waals surface area contributed by atoms with Crippen LogP contribution in [0.25, 0.3) is 0 Å². The molecule has 3 nitrogen and oxygen atoms in total. The summed E-state index contributed by atoms with van der Waals surface area (Å²) in [5.74, 6) is 1.04. The first-order chi connectivity index (χ1) is 7.16. The normalized spacial score (nSPS) is 14.6. The summed E-state index contributed by atoms with van der Waals surface area (Å²) in [6.45, 7) is 1.01. The molecule has 0 aliphatic heterocycles. The van der Waals surface area contributed by atoms with Gasteiger partial charge in [-0.2, -0.15) is 0 Å². The average Bonchev–Trinajstić information content (AvgIpc) is 2.63. The van der Waals surface area contributed by atoms with Crippen molar-refractivity contribution in [2.45, 2.75) is 25.7 Å². The topological polar surface area (TPSA) is 31.9 Å². The molecule has 15 heavy (non-hydrogen) atoms. The summed E-state index contributed by atoms with van der Waals surface area (Å²) < 4.78 is 0.815. The van der Waals surface area contributed by atoms with Crippen LogP contribution in [0.4, 0.5) is 0 Å². The number of aromatic nitrogens is 2. The molecular weight excluding hydrogens is 206 g/mol. The van der Waals surface area contributed by atoms with Crippen molar-refractivity contribution in [1.29, 1.82) is 0 Å². The Balaban J connectivity index is 2.20. The third-order valence-electron chi connectivity index (χ3n) is 2.80. The summed E-state index contributed by atoms with van der Waals surface area (Å²) in [6, 6.07) is 0. The van der Waals surface area contributed by atoms with E-state index >= 15 is 0 Å². The van der Waals surface area contributed by atoms with Crippen LogP contribution in [0.5, 0.6) is 0 Å². The molecule has 0 saturated heterocycles. The van der Waals surface area contributed by atoms with E-state index in [0.717, 1.165) is 36.3 Å². The zero-order valence-corrected chi connectivity index (χ0v) is 10.2. The predicted molar refractivity (Wildman–Crippen MR) is 63.7 cm³/mol. The van der Waals surface area contributed by atoms with Crippen LogP contribution in [0, 0.1) is 4.64 Å². The second kappa shape index (κ2) is 4.41. The van der Waals surface area contributed by atoms with Gasteiger partial charge in [0.25, 0.3) is 0 Å². The van der Waals surface area contributed by atoms with Gasteiger partial charge in [0, 0.05) is 24.2 Å². The number of nitrogens with one attached hydrogen (secondary N) is 1. The quantitative estimate of drug-likeness (QED) is 0.792. The highest BCUT2D eigenvalue weighted by Crippen LogP contribution is 2.20. The monoisotopic (exact) mass is 223 g/mol. The molecule has 0 spiro atoms. The number of likely N-dealkylation sites (N-methyl/N-ethyl adjacent to an activating group) is 1. The Morgan fingerprint density at radius 1 is 1.40 bits per heavy atom. The molecule has 1 aromatic rings. The van der Waals surface area contributed by atoms with E-state index in [0.29, 0.717) is 0 Å². The first-order valence-electron chi connectivity index (χ1n) is 5.42. The van der Waals surface area contributed by atoms with Crippen LogP contribution in [-0.4, -0.2) is 35.5 Å². The maximum atomic E-state index is 5.30. The van der Waals surface area contributed by atoms with Crippen LogP contribution in [0.3, 0.4) is 0 Å². The van der Waals surface area contributed by atoms with Gasteiger partial charge >= 0.3 is 0 Å². The molecule has 0 bridgehead atoms. The summed E-state index contributed by atoms with van der Waals surface area (Å²) in [5.41, 5.74) is 2.60. The number of hydrogen-bond acceptors (Lipinski definition) is 3. The van der Waals surface area contributed by atoms with Crippen molar-refractivity contribution in [3.63, 3.8) is 0 Å². The van der Waals surface area contributed by atoms with Gasteiger partial charge in [0.05, 0.1) is 0 Å².